The number of rotatable bonds is 4. The van der Waals surface area contributed by atoms with Crippen molar-refractivity contribution in [1.29, 1.82) is 5.26 Å². The van der Waals surface area contributed by atoms with E-state index in [4.69, 9.17) is 11.6 Å². The first-order valence-electron chi connectivity index (χ1n) is 6.41. The van der Waals surface area contributed by atoms with Crippen molar-refractivity contribution in [3.63, 3.8) is 0 Å². The zero-order chi connectivity index (χ0) is 14.0. The molecule has 1 aromatic carbocycles. The van der Waals surface area contributed by atoms with E-state index in [9.17, 15) is 10.1 Å². The van der Waals surface area contributed by atoms with Gasteiger partial charge in [0.2, 0.25) is 5.91 Å². The van der Waals surface area contributed by atoms with E-state index in [0.717, 1.165) is 18.4 Å². The number of hydrogen-bond acceptors (Lipinski definition) is 2. The maximum atomic E-state index is 12.6. The minimum absolute atomic E-state index is 0.159. The highest BCUT2D eigenvalue weighted by Crippen LogP contribution is 2.36. The Morgan fingerprint density at radius 1 is 1.42 bits per heavy atom. The van der Waals surface area contributed by atoms with Gasteiger partial charge < -0.3 is 4.90 Å². The number of nitriles is 1. The van der Waals surface area contributed by atoms with Crippen LogP contribution in [0.2, 0.25) is 0 Å². The highest BCUT2D eigenvalue weighted by atomic mass is 35.5. The summed E-state index contributed by atoms with van der Waals surface area (Å²) in [5.74, 6) is -0.179. The lowest BCUT2D eigenvalue weighted by Gasteiger charge is -2.34. The lowest BCUT2D eigenvalue weighted by Crippen LogP contribution is -2.49. The Kier molecular flexibility index (Phi) is 3.82. The largest absolute Gasteiger partial charge is 0.320 e. The molecule has 0 spiro atoms. The van der Waals surface area contributed by atoms with Crippen molar-refractivity contribution in [2.75, 3.05) is 0 Å². The van der Waals surface area contributed by atoms with Crippen LogP contribution in [0.25, 0.3) is 0 Å². The van der Waals surface area contributed by atoms with Gasteiger partial charge in [0.1, 0.15) is 10.9 Å². The van der Waals surface area contributed by atoms with Crippen LogP contribution >= 0.6 is 11.6 Å². The van der Waals surface area contributed by atoms with Crippen molar-refractivity contribution in [2.24, 2.45) is 0 Å². The minimum Gasteiger partial charge on any atom is -0.320 e. The summed E-state index contributed by atoms with van der Waals surface area (Å²) >= 11 is 6.29. The molecule has 4 heteroatoms. The summed E-state index contributed by atoms with van der Waals surface area (Å²) in [4.78, 5) is 14.2. The molecule has 1 aliphatic rings. The van der Waals surface area contributed by atoms with Gasteiger partial charge in [0.25, 0.3) is 0 Å². The maximum absolute atomic E-state index is 12.6. The van der Waals surface area contributed by atoms with Gasteiger partial charge in [0.15, 0.2) is 0 Å². The summed E-state index contributed by atoms with van der Waals surface area (Å²) in [6.07, 6.45) is 1.91. The molecule has 0 bridgehead atoms. The molecule has 19 heavy (non-hydrogen) atoms. The predicted octanol–water partition coefficient (Wildman–Crippen LogP) is 3.26. The maximum Gasteiger partial charge on any atom is 0.246 e. The van der Waals surface area contributed by atoms with E-state index in [1.165, 1.54) is 0 Å². The number of carbonyl (C=O) groups excluding carboxylic acids is 1. The Balaban J connectivity index is 2.24. The van der Waals surface area contributed by atoms with Crippen LogP contribution in [-0.2, 0) is 4.79 Å². The Hall–Kier alpha value is -1.53. The van der Waals surface area contributed by atoms with Crippen LogP contribution in [-0.4, -0.2) is 22.4 Å². The fourth-order valence-corrected chi connectivity index (χ4v) is 2.44. The van der Waals surface area contributed by atoms with Gasteiger partial charge in [-0.05, 0) is 32.3 Å². The molecule has 0 aromatic heterocycles. The predicted molar refractivity (Wildman–Crippen MR) is 74.6 cm³/mol. The zero-order valence-corrected chi connectivity index (χ0v) is 11.9. The fourth-order valence-electron chi connectivity index (χ4n) is 2.19. The molecule has 1 unspecified atom stereocenters. The molecule has 1 aliphatic carbocycles. The van der Waals surface area contributed by atoms with Crippen LogP contribution in [0.4, 0.5) is 0 Å². The average Bonchev–Trinajstić information content (AvgIpc) is 3.23. The van der Waals surface area contributed by atoms with Crippen molar-refractivity contribution in [1.82, 2.24) is 4.90 Å². The van der Waals surface area contributed by atoms with Gasteiger partial charge in [0, 0.05) is 6.04 Å². The molecule has 0 aliphatic heterocycles. The summed E-state index contributed by atoms with van der Waals surface area (Å²) in [5.41, 5.74) is -0.0475. The molecular weight excluding hydrogens is 260 g/mol. The number of carbonyl (C=O) groups is 1. The van der Waals surface area contributed by atoms with Crippen LogP contribution in [0.3, 0.4) is 0 Å². The van der Waals surface area contributed by atoms with Crippen molar-refractivity contribution in [2.45, 2.75) is 43.6 Å². The minimum atomic E-state index is -0.819. The van der Waals surface area contributed by atoms with Crippen molar-refractivity contribution >= 4 is 17.5 Å². The number of nitrogens with zero attached hydrogens (tertiary/aromatic N) is 2. The summed E-state index contributed by atoms with van der Waals surface area (Å²) in [6.45, 7) is 3.52. The molecule has 0 heterocycles. The molecule has 100 valence electrons. The normalized spacial score (nSPS) is 16.5. The van der Waals surface area contributed by atoms with Gasteiger partial charge in [-0.25, -0.2) is 0 Å². The van der Waals surface area contributed by atoms with E-state index in [0.29, 0.717) is 0 Å². The summed E-state index contributed by atoms with van der Waals surface area (Å²) in [5, 5.41) is 8.53. The number of hydrogen-bond donors (Lipinski definition) is 0. The molecule has 0 radical (unpaired) electrons. The quantitative estimate of drug-likeness (QED) is 0.792. The standard InChI is InChI=1S/C15H17ClN2O/c1-15(2,10-17)18(12-8-9-12)14(19)13(16)11-6-4-3-5-7-11/h3-7,12-13H,8-9H2,1-2H3. The van der Waals surface area contributed by atoms with Crippen molar-refractivity contribution in [3.8, 4) is 6.07 Å². The number of benzene rings is 1. The summed E-state index contributed by atoms with van der Waals surface area (Å²) < 4.78 is 0. The van der Waals surface area contributed by atoms with Gasteiger partial charge in [-0.3, -0.25) is 4.79 Å². The third kappa shape index (κ3) is 2.90. The van der Waals surface area contributed by atoms with E-state index < -0.39 is 10.9 Å². The lowest BCUT2D eigenvalue weighted by atomic mass is 10.0. The Morgan fingerprint density at radius 3 is 2.47 bits per heavy atom. The third-order valence-corrected chi connectivity index (χ3v) is 3.77. The van der Waals surface area contributed by atoms with Crippen LogP contribution < -0.4 is 0 Å². The van der Waals surface area contributed by atoms with E-state index in [2.05, 4.69) is 6.07 Å². The number of alkyl halides is 1. The van der Waals surface area contributed by atoms with Gasteiger partial charge in [0.05, 0.1) is 6.07 Å². The van der Waals surface area contributed by atoms with Gasteiger partial charge in [-0.15, -0.1) is 11.6 Å². The first-order chi connectivity index (χ1) is 8.97. The number of halogens is 1. The van der Waals surface area contributed by atoms with Crippen LogP contribution in [0, 0.1) is 11.3 Å². The molecule has 2 rings (SSSR count). The number of amides is 1. The van der Waals surface area contributed by atoms with Gasteiger partial charge >= 0.3 is 0 Å². The molecule has 1 aromatic rings. The second-order valence-corrected chi connectivity index (χ2v) is 5.82. The molecule has 1 saturated carbocycles. The first-order valence-corrected chi connectivity index (χ1v) is 6.84. The second-order valence-electron chi connectivity index (χ2n) is 5.38. The molecule has 3 nitrogen and oxygen atoms in total. The van der Waals surface area contributed by atoms with Crippen LogP contribution in [0.15, 0.2) is 30.3 Å². The summed E-state index contributed by atoms with van der Waals surface area (Å²) in [6, 6.07) is 11.6. The third-order valence-electron chi connectivity index (χ3n) is 3.33. The monoisotopic (exact) mass is 276 g/mol. The zero-order valence-electron chi connectivity index (χ0n) is 11.1. The second kappa shape index (κ2) is 5.22. The summed E-state index contributed by atoms with van der Waals surface area (Å²) in [7, 11) is 0. The molecular formula is C15H17ClN2O. The smallest absolute Gasteiger partial charge is 0.246 e. The Bertz CT molecular complexity index is 503. The van der Waals surface area contributed by atoms with Crippen LogP contribution in [0.5, 0.6) is 0 Å². The highest BCUT2D eigenvalue weighted by molar-refractivity contribution is 6.30. The molecule has 1 amide bonds. The molecule has 1 atom stereocenters. The molecule has 0 saturated heterocycles. The average molecular weight is 277 g/mol. The molecule has 1 fully saturated rings. The van der Waals surface area contributed by atoms with E-state index in [-0.39, 0.29) is 11.9 Å². The van der Waals surface area contributed by atoms with Gasteiger partial charge in [-0.2, -0.15) is 5.26 Å². The van der Waals surface area contributed by atoms with Crippen molar-refractivity contribution in [3.05, 3.63) is 35.9 Å². The van der Waals surface area contributed by atoms with Crippen LogP contribution in [0.1, 0.15) is 37.6 Å². The fraction of sp³-hybridized carbons (Fsp3) is 0.467. The lowest BCUT2D eigenvalue weighted by molar-refractivity contribution is -0.135. The van der Waals surface area contributed by atoms with E-state index >= 15 is 0 Å². The Morgan fingerprint density at radius 2 is 2.00 bits per heavy atom. The molecule has 0 N–H and O–H groups in total. The van der Waals surface area contributed by atoms with Crippen molar-refractivity contribution < 1.29 is 4.79 Å². The van der Waals surface area contributed by atoms with E-state index in [1.54, 1.807) is 18.7 Å². The highest BCUT2D eigenvalue weighted by Gasteiger charge is 2.43. The Labute approximate surface area is 118 Å². The first kappa shape index (κ1) is 13.9. The topological polar surface area (TPSA) is 44.1 Å². The van der Waals surface area contributed by atoms with Gasteiger partial charge in [-0.1, -0.05) is 30.3 Å². The SMILES string of the molecule is CC(C)(C#N)N(C(=O)C(Cl)c1ccccc1)C1CC1. The van der Waals surface area contributed by atoms with E-state index in [1.807, 2.05) is 30.3 Å².